The van der Waals surface area contributed by atoms with Crippen molar-refractivity contribution in [3.05, 3.63) is 57.5 Å². The van der Waals surface area contributed by atoms with Crippen molar-refractivity contribution in [1.82, 2.24) is 0 Å². The molecule has 0 aliphatic heterocycles. The van der Waals surface area contributed by atoms with Gasteiger partial charge in [-0.25, -0.2) is 4.39 Å². The van der Waals surface area contributed by atoms with Gasteiger partial charge in [-0.2, -0.15) is 13.2 Å². The van der Waals surface area contributed by atoms with Gasteiger partial charge in [-0.1, -0.05) is 12.1 Å². The Morgan fingerprint density at radius 1 is 1.17 bits per heavy atom. The lowest BCUT2D eigenvalue weighted by Crippen LogP contribution is -2.09. The summed E-state index contributed by atoms with van der Waals surface area (Å²) in [5, 5.41) is 11.6. The summed E-state index contributed by atoms with van der Waals surface area (Å²) in [4.78, 5) is 0.550. The highest BCUT2D eigenvalue weighted by atomic mass is 32.1. The Morgan fingerprint density at radius 3 is 2.39 bits per heavy atom. The minimum Gasteiger partial charge on any atom is -0.383 e. The highest BCUT2D eigenvalue weighted by Gasteiger charge is 2.34. The van der Waals surface area contributed by atoms with E-state index in [2.05, 4.69) is 0 Å². The van der Waals surface area contributed by atoms with Crippen LogP contribution in [0, 0.1) is 5.82 Å². The molecule has 96 valence electrons. The summed E-state index contributed by atoms with van der Waals surface area (Å²) in [6.07, 6.45) is -5.84. The van der Waals surface area contributed by atoms with Crippen LogP contribution >= 0.6 is 11.3 Å². The smallest absolute Gasteiger partial charge is 0.383 e. The van der Waals surface area contributed by atoms with Crippen molar-refractivity contribution >= 4 is 11.3 Å². The Hall–Kier alpha value is -1.40. The van der Waals surface area contributed by atoms with Crippen molar-refractivity contribution in [1.29, 1.82) is 0 Å². The molecule has 1 aromatic heterocycles. The van der Waals surface area contributed by atoms with E-state index in [1.54, 1.807) is 17.5 Å². The van der Waals surface area contributed by atoms with E-state index in [4.69, 9.17) is 0 Å². The molecular weight excluding hydrogens is 268 g/mol. The maximum atomic E-state index is 13.3. The first-order valence-electron chi connectivity index (χ1n) is 4.97. The quantitative estimate of drug-likeness (QED) is 0.822. The molecule has 1 atom stereocenters. The van der Waals surface area contributed by atoms with Crippen molar-refractivity contribution in [3.8, 4) is 0 Å². The number of rotatable bonds is 2. The molecule has 0 aliphatic carbocycles. The van der Waals surface area contributed by atoms with Gasteiger partial charge >= 0.3 is 6.18 Å². The summed E-state index contributed by atoms with van der Waals surface area (Å²) >= 11 is 1.25. The van der Waals surface area contributed by atoms with Crippen LogP contribution < -0.4 is 0 Å². The fourth-order valence-electron chi connectivity index (χ4n) is 1.54. The topological polar surface area (TPSA) is 20.2 Å². The summed E-state index contributed by atoms with van der Waals surface area (Å²) in [7, 11) is 0. The first-order valence-corrected chi connectivity index (χ1v) is 5.85. The van der Waals surface area contributed by atoms with E-state index in [1.165, 1.54) is 11.3 Å². The van der Waals surface area contributed by atoms with Gasteiger partial charge in [0, 0.05) is 4.88 Å². The lowest BCUT2D eigenvalue weighted by molar-refractivity contribution is -0.140. The van der Waals surface area contributed by atoms with Crippen LogP contribution in [0.25, 0.3) is 0 Å². The van der Waals surface area contributed by atoms with E-state index in [9.17, 15) is 22.7 Å². The molecule has 1 aromatic carbocycles. The average molecular weight is 276 g/mol. The molecule has 0 bridgehead atoms. The van der Waals surface area contributed by atoms with Crippen molar-refractivity contribution in [3.63, 3.8) is 0 Å². The molecule has 0 spiro atoms. The summed E-state index contributed by atoms with van der Waals surface area (Å²) in [5.41, 5.74) is -1.23. The lowest BCUT2D eigenvalue weighted by Gasteiger charge is -2.12. The van der Waals surface area contributed by atoms with Crippen LogP contribution in [0.3, 0.4) is 0 Å². The zero-order valence-electron chi connectivity index (χ0n) is 8.91. The van der Waals surface area contributed by atoms with Gasteiger partial charge in [-0.15, -0.1) is 11.3 Å². The summed E-state index contributed by atoms with van der Waals surface area (Å²) in [6.45, 7) is 0. The molecule has 1 heterocycles. The van der Waals surface area contributed by atoms with E-state index >= 15 is 0 Å². The third-order valence-electron chi connectivity index (χ3n) is 2.43. The Bertz CT molecular complexity index is 534. The van der Waals surface area contributed by atoms with Gasteiger partial charge in [0.05, 0.1) is 5.56 Å². The zero-order chi connectivity index (χ0) is 13.3. The van der Waals surface area contributed by atoms with E-state index in [1.807, 2.05) is 0 Å². The highest BCUT2D eigenvalue weighted by molar-refractivity contribution is 7.10. The molecule has 0 fully saturated rings. The minimum absolute atomic E-state index is 0.1000. The van der Waals surface area contributed by atoms with Gasteiger partial charge in [0.15, 0.2) is 0 Å². The number of alkyl halides is 3. The normalized spacial score (nSPS) is 13.6. The molecule has 1 nitrogen and oxygen atoms in total. The largest absolute Gasteiger partial charge is 0.419 e. The number of hydrogen-bond donors (Lipinski definition) is 1. The monoisotopic (exact) mass is 276 g/mol. The Balaban J connectivity index is 2.35. The van der Waals surface area contributed by atoms with Gasteiger partial charge in [0.1, 0.15) is 11.9 Å². The molecule has 0 amide bonds. The second-order valence-corrected chi connectivity index (χ2v) is 4.63. The molecule has 0 aliphatic rings. The maximum Gasteiger partial charge on any atom is 0.419 e. The predicted octanol–water partition coefficient (Wildman–Crippen LogP) is 3.99. The third kappa shape index (κ3) is 2.54. The van der Waals surface area contributed by atoms with E-state index in [0.717, 1.165) is 6.07 Å². The number of aliphatic hydroxyl groups is 1. The average Bonchev–Trinajstić information content (AvgIpc) is 2.79. The van der Waals surface area contributed by atoms with Gasteiger partial charge < -0.3 is 5.11 Å². The zero-order valence-corrected chi connectivity index (χ0v) is 9.73. The summed E-state index contributed by atoms with van der Waals surface area (Å²) in [5.74, 6) is -1.38. The van der Waals surface area contributed by atoms with Crippen molar-refractivity contribution in [2.24, 2.45) is 0 Å². The molecular formula is C12H8F4OS. The summed E-state index contributed by atoms with van der Waals surface area (Å²) < 4.78 is 50.4. The number of aliphatic hydroxyl groups excluding tert-OH is 1. The first-order chi connectivity index (χ1) is 8.39. The van der Waals surface area contributed by atoms with Gasteiger partial charge in [-0.05, 0) is 29.1 Å². The van der Waals surface area contributed by atoms with Crippen LogP contribution in [0.2, 0.25) is 0 Å². The second kappa shape index (κ2) is 4.70. The number of halogens is 4. The highest BCUT2D eigenvalue weighted by Crippen LogP contribution is 2.33. The molecule has 6 heteroatoms. The molecule has 2 rings (SSSR count). The number of hydrogen-bond acceptors (Lipinski definition) is 2. The molecule has 0 radical (unpaired) electrons. The SMILES string of the molecule is OC(c1ccc(C(F)(F)F)c(F)c1)c1cccs1. The van der Waals surface area contributed by atoms with Gasteiger partial charge in [-0.3, -0.25) is 0 Å². The van der Waals surface area contributed by atoms with Crippen molar-refractivity contribution in [2.45, 2.75) is 12.3 Å². The molecule has 1 N–H and O–H groups in total. The fourth-order valence-corrected chi connectivity index (χ4v) is 2.28. The third-order valence-corrected chi connectivity index (χ3v) is 3.35. The molecule has 1 unspecified atom stereocenters. The van der Waals surface area contributed by atoms with Gasteiger partial charge in [0.25, 0.3) is 0 Å². The van der Waals surface area contributed by atoms with Crippen molar-refractivity contribution in [2.75, 3.05) is 0 Å². The molecule has 2 aromatic rings. The van der Waals surface area contributed by atoms with Crippen LogP contribution in [0.15, 0.2) is 35.7 Å². The molecule has 0 saturated heterocycles. The molecule has 18 heavy (non-hydrogen) atoms. The predicted molar refractivity (Wildman–Crippen MR) is 59.8 cm³/mol. The van der Waals surface area contributed by atoms with Crippen molar-refractivity contribution < 1.29 is 22.7 Å². The van der Waals surface area contributed by atoms with E-state index < -0.39 is 23.7 Å². The van der Waals surface area contributed by atoms with E-state index in [-0.39, 0.29) is 5.56 Å². The Kier molecular flexibility index (Phi) is 3.41. The molecule has 0 saturated carbocycles. The second-order valence-electron chi connectivity index (χ2n) is 3.65. The van der Waals surface area contributed by atoms with Crippen LogP contribution in [0.1, 0.15) is 22.1 Å². The number of benzene rings is 1. The summed E-state index contributed by atoms with van der Waals surface area (Å²) in [6, 6.07) is 5.76. The van der Waals surface area contributed by atoms with Gasteiger partial charge in [0.2, 0.25) is 0 Å². The van der Waals surface area contributed by atoms with Crippen LogP contribution in [0.4, 0.5) is 17.6 Å². The van der Waals surface area contributed by atoms with E-state index in [0.29, 0.717) is 17.0 Å². The first kappa shape index (κ1) is 13.0. The van der Waals surface area contributed by atoms with Crippen LogP contribution in [0.5, 0.6) is 0 Å². The van der Waals surface area contributed by atoms with Crippen LogP contribution in [-0.4, -0.2) is 5.11 Å². The Morgan fingerprint density at radius 2 is 1.89 bits per heavy atom. The fraction of sp³-hybridized carbons (Fsp3) is 0.167. The lowest BCUT2D eigenvalue weighted by atomic mass is 10.0. The Labute approximate surface area is 104 Å². The maximum absolute atomic E-state index is 13.3. The standard InChI is InChI=1S/C12H8F4OS/c13-9-6-7(3-4-8(9)12(14,15)16)11(17)10-2-1-5-18-10/h1-6,11,17H. The van der Waals surface area contributed by atoms with Crippen LogP contribution in [-0.2, 0) is 6.18 Å². The number of thiophene rings is 1. The minimum atomic E-state index is -4.73.